The molecule has 0 aliphatic rings. The maximum absolute atomic E-state index is 12.1. The van der Waals surface area contributed by atoms with Crippen molar-refractivity contribution in [3.8, 4) is 0 Å². The predicted molar refractivity (Wildman–Crippen MR) is 196 cm³/mol. The van der Waals surface area contributed by atoms with E-state index in [0.717, 1.165) is 83.5 Å². The van der Waals surface area contributed by atoms with Gasteiger partial charge in [0.05, 0.1) is 6.61 Å². The summed E-state index contributed by atoms with van der Waals surface area (Å²) in [6.07, 6.45) is 47.0. The lowest BCUT2D eigenvalue weighted by atomic mass is 10.1. The second kappa shape index (κ2) is 37.1. The molecule has 0 aromatic rings. The Hall–Kier alpha value is -2.40. The molecule has 1 N–H and O–H groups in total. The summed E-state index contributed by atoms with van der Waals surface area (Å²) in [5, 5.41) is 9.54. The Morgan fingerprint density at radius 1 is 0.522 bits per heavy atom. The SMILES string of the molecule is CC/C=C\C/C=C\C/C=C\C/C=C\CCCCCCC(=O)OC(CO)COC(=O)CCCCCCC/C=C\CCCCCCCC. The van der Waals surface area contributed by atoms with Gasteiger partial charge in [0, 0.05) is 12.8 Å². The van der Waals surface area contributed by atoms with Crippen molar-refractivity contribution in [2.75, 3.05) is 13.2 Å². The normalized spacial score (nSPS) is 12.8. The molecule has 0 radical (unpaired) electrons. The lowest BCUT2D eigenvalue weighted by Crippen LogP contribution is -2.28. The van der Waals surface area contributed by atoms with Gasteiger partial charge in [0.1, 0.15) is 6.61 Å². The van der Waals surface area contributed by atoms with Crippen molar-refractivity contribution in [1.29, 1.82) is 0 Å². The topological polar surface area (TPSA) is 72.8 Å². The average molecular weight is 643 g/mol. The Balaban J connectivity index is 3.65. The van der Waals surface area contributed by atoms with E-state index in [-0.39, 0.29) is 25.2 Å². The van der Waals surface area contributed by atoms with Gasteiger partial charge in [-0.2, -0.15) is 0 Å². The first-order chi connectivity index (χ1) is 22.6. The minimum Gasteiger partial charge on any atom is -0.462 e. The standard InChI is InChI=1S/C41H70O5/c1-3-5-7-9-11-13-15-17-19-20-22-24-26-28-30-32-34-36-41(44)46-39(37-42)38-45-40(43)35-33-31-29-27-25-23-21-18-16-14-12-10-8-6-4-2/h5,7,11,13,17-19,21-22,24,39,42H,3-4,6,8-10,12,14-16,20,23,25-38H2,1-2H3/b7-5-,13-11-,19-17-,21-18-,24-22-. The van der Waals surface area contributed by atoms with E-state index < -0.39 is 6.10 Å². The smallest absolute Gasteiger partial charge is 0.306 e. The molecule has 0 bridgehead atoms. The molecule has 5 nitrogen and oxygen atoms in total. The number of unbranched alkanes of at least 4 members (excludes halogenated alkanes) is 15. The summed E-state index contributed by atoms with van der Waals surface area (Å²) >= 11 is 0. The lowest BCUT2D eigenvalue weighted by molar-refractivity contribution is -0.161. The van der Waals surface area contributed by atoms with E-state index in [0.29, 0.717) is 12.8 Å². The van der Waals surface area contributed by atoms with E-state index >= 15 is 0 Å². The summed E-state index contributed by atoms with van der Waals surface area (Å²) in [5.41, 5.74) is 0. The van der Waals surface area contributed by atoms with Crippen LogP contribution in [-0.4, -0.2) is 36.4 Å². The molecule has 0 saturated carbocycles. The van der Waals surface area contributed by atoms with E-state index in [1.807, 2.05) is 0 Å². The molecule has 5 heteroatoms. The van der Waals surface area contributed by atoms with Crippen LogP contribution in [0.2, 0.25) is 0 Å². The summed E-state index contributed by atoms with van der Waals surface area (Å²) in [4.78, 5) is 24.2. The molecule has 0 aliphatic carbocycles. The Morgan fingerprint density at radius 3 is 1.43 bits per heavy atom. The lowest BCUT2D eigenvalue weighted by Gasteiger charge is -2.15. The molecule has 1 atom stereocenters. The first-order valence-corrected chi connectivity index (χ1v) is 18.8. The van der Waals surface area contributed by atoms with Gasteiger partial charge in [-0.3, -0.25) is 9.59 Å². The molecular formula is C41H70O5. The number of hydrogen-bond acceptors (Lipinski definition) is 5. The van der Waals surface area contributed by atoms with Gasteiger partial charge in [0.25, 0.3) is 0 Å². The van der Waals surface area contributed by atoms with Crippen molar-refractivity contribution in [3.63, 3.8) is 0 Å². The average Bonchev–Trinajstić information content (AvgIpc) is 3.06. The molecule has 0 spiro atoms. The van der Waals surface area contributed by atoms with Crippen LogP contribution in [0.4, 0.5) is 0 Å². The van der Waals surface area contributed by atoms with Crippen LogP contribution in [0.25, 0.3) is 0 Å². The zero-order chi connectivity index (χ0) is 33.6. The van der Waals surface area contributed by atoms with Crippen LogP contribution >= 0.6 is 0 Å². The monoisotopic (exact) mass is 643 g/mol. The number of allylic oxidation sites excluding steroid dienone is 10. The van der Waals surface area contributed by atoms with E-state index in [2.05, 4.69) is 74.6 Å². The van der Waals surface area contributed by atoms with E-state index in [1.54, 1.807) is 0 Å². The minimum atomic E-state index is -0.788. The Labute approximate surface area is 283 Å². The largest absolute Gasteiger partial charge is 0.462 e. The molecule has 0 heterocycles. The third kappa shape index (κ3) is 34.5. The summed E-state index contributed by atoms with van der Waals surface area (Å²) < 4.78 is 10.6. The van der Waals surface area contributed by atoms with Crippen LogP contribution < -0.4 is 0 Å². The molecule has 264 valence electrons. The van der Waals surface area contributed by atoms with E-state index in [1.165, 1.54) is 57.8 Å². The van der Waals surface area contributed by atoms with Crippen LogP contribution in [-0.2, 0) is 19.1 Å². The fourth-order valence-electron chi connectivity index (χ4n) is 4.95. The third-order valence-electron chi connectivity index (χ3n) is 7.80. The predicted octanol–water partition coefficient (Wildman–Crippen LogP) is 11.6. The van der Waals surface area contributed by atoms with Crippen molar-refractivity contribution in [3.05, 3.63) is 60.8 Å². The first-order valence-electron chi connectivity index (χ1n) is 18.8. The zero-order valence-electron chi connectivity index (χ0n) is 29.8. The Kier molecular flexibility index (Phi) is 35.1. The van der Waals surface area contributed by atoms with Gasteiger partial charge in [0.15, 0.2) is 6.10 Å². The highest BCUT2D eigenvalue weighted by Gasteiger charge is 2.16. The van der Waals surface area contributed by atoms with E-state index in [4.69, 9.17) is 9.47 Å². The van der Waals surface area contributed by atoms with Gasteiger partial charge < -0.3 is 14.6 Å². The molecule has 1 unspecified atom stereocenters. The highest BCUT2D eigenvalue weighted by Crippen LogP contribution is 2.11. The fraction of sp³-hybridized carbons (Fsp3) is 0.707. The van der Waals surface area contributed by atoms with Crippen LogP contribution in [0, 0.1) is 0 Å². The summed E-state index contributed by atoms with van der Waals surface area (Å²) in [5.74, 6) is -0.633. The van der Waals surface area contributed by atoms with Gasteiger partial charge in [-0.05, 0) is 77.0 Å². The highest BCUT2D eigenvalue weighted by molar-refractivity contribution is 5.70. The zero-order valence-corrected chi connectivity index (χ0v) is 29.8. The number of carbonyl (C=O) groups is 2. The van der Waals surface area contributed by atoms with Gasteiger partial charge in [-0.15, -0.1) is 0 Å². The maximum Gasteiger partial charge on any atom is 0.306 e. The second-order valence-electron chi connectivity index (χ2n) is 12.3. The number of aliphatic hydroxyl groups is 1. The van der Waals surface area contributed by atoms with Gasteiger partial charge in [-0.1, -0.05) is 139 Å². The van der Waals surface area contributed by atoms with Crippen molar-refractivity contribution >= 4 is 11.9 Å². The van der Waals surface area contributed by atoms with Crippen molar-refractivity contribution in [2.45, 2.75) is 174 Å². The quantitative estimate of drug-likeness (QED) is 0.0438. The summed E-state index contributed by atoms with van der Waals surface area (Å²) in [7, 11) is 0. The Bertz CT molecular complexity index is 823. The number of aliphatic hydroxyl groups excluding tert-OH is 1. The van der Waals surface area contributed by atoms with Crippen LogP contribution in [0.5, 0.6) is 0 Å². The first kappa shape index (κ1) is 43.6. The fourth-order valence-corrected chi connectivity index (χ4v) is 4.95. The van der Waals surface area contributed by atoms with Crippen LogP contribution in [0.1, 0.15) is 168 Å². The number of ether oxygens (including phenoxy) is 2. The van der Waals surface area contributed by atoms with Gasteiger partial charge in [0.2, 0.25) is 0 Å². The summed E-state index contributed by atoms with van der Waals surface area (Å²) in [6, 6.07) is 0. The third-order valence-corrected chi connectivity index (χ3v) is 7.80. The van der Waals surface area contributed by atoms with Crippen LogP contribution in [0.3, 0.4) is 0 Å². The molecule has 0 aliphatic heterocycles. The van der Waals surface area contributed by atoms with E-state index in [9.17, 15) is 14.7 Å². The molecular weight excluding hydrogens is 572 g/mol. The number of esters is 2. The molecule has 0 amide bonds. The number of hydrogen-bond donors (Lipinski definition) is 1. The van der Waals surface area contributed by atoms with Crippen molar-refractivity contribution in [2.24, 2.45) is 0 Å². The van der Waals surface area contributed by atoms with Crippen molar-refractivity contribution < 1.29 is 24.2 Å². The number of carbonyl (C=O) groups excluding carboxylic acids is 2. The molecule has 0 aromatic heterocycles. The molecule has 0 rings (SSSR count). The van der Waals surface area contributed by atoms with Crippen molar-refractivity contribution in [1.82, 2.24) is 0 Å². The minimum absolute atomic E-state index is 0.0823. The van der Waals surface area contributed by atoms with Gasteiger partial charge in [-0.25, -0.2) is 0 Å². The Morgan fingerprint density at radius 2 is 0.935 bits per heavy atom. The second-order valence-corrected chi connectivity index (χ2v) is 12.3. The maximum atomic E-state index is 12.1. The summed E-state index contributed by atoms with van der Waals surface area (Å²) in [6.45, 7) is 3.98. The molecule has 46 heavy (non-hydrogen) atoms. The highest BCUT2D eigenvalue weighted by atomic mass is 16.6. The molecule has 0 aromatic carbocycles. The van der Waals surface area contributed by atoms with Gasteiger partial charge >= 0.3 is 11.9 Å². The molecule has 0 fully saturated rings. The molecule has 0 saturated heterocycles. The van der Waals surface area contributed by atoms with Crippen LogP contribution in [0.15, 0.2) is 60.8 Å². The number of rotatable bonds is 33.